The Hall–Kier alpha value is -2.32. The van der Waals surface area contributed by atoms with Crippen molar-refractivity contribution in [1.29, 1.82) is 0 Å². The van der Waals surface area contributed by atoms with E-state index in [1.54, 1.807) is 0 Å². The highest BCUT2D eigenvalue weighted by molar-refractivity contribution is 6.34. The van der Waals surface area contributed by atoms with Gasteiger partial charge in [-0.2, -0.15) is 0 Å². The maximum Gasteiger partial charge on any atom is 0.256 e. The summed E-state index contributed by atoms with van der Waals surface area (Å²) in [5.41, 5.74) is 8.22. The number of carbonyl (C=O) groups is 2. The fourth-order valence-corrected chi connectivity index (χ4v) is 5.20. The van der Waals surface area contributed by atoms with Crippen molar-refractivity contribution in [3.05, 3.63) is 51.8 Å². The zero-order chi connectivity index (χ0) is 23.1. The number of nitrogens with one attached hydrogen (secondary N) is 3. The topological polar surface area (TPSA) is 80.5 Å². The van der Waals surface area contributed by atoms with Gasteiger partial charge in [0.15, 0.2) is 0 Å². The first-order valence-electron chi connectivity index (χ1n) is 11.9. The van der Waals surface area contributed by atoms with Gasteiger partial charge in [-0.25, -0.2) is 0 Å². The molecule has 0 bridgehead atoms. The Kier molecular flexibility index (Phi) is 8.70. The third-order valence-electron chi connectivity index (χ3n) is 7.41. The number of aromatic amines is 1. The Labute approximate surface area is 219 Å². The van der Waals surface area contributed by atoms with Gasteiger partial charge < -0.3 is 20.5 Å². The van der Waals surface area contributed by atoms with E-state index in [-0.39, 0.29) is 42.5 Å². The first kappa shape index (κ1) is 27.3. The highest BCUT2D eigenvalue weighted by Crippen LogP contribution is 2.35. The lowest BCUT2D eigenvalue weighted by Gasteiger charge is -2.32. The zero-order valence-electron chi connectivity index (χ0n) is 20.6. The van der Waals surface area contributed by atoms with Crippen molar-refractivity contribution in [2.45, 2.75) is 33.2 Å². The lowest BCUT2D eigenvalue weighted by atomic mass is 9.95. The molecule has 190 valence electrons. The summed E-state index contributed by atoms with van der Waals surface area (Å²) in [6, 6.07) is 6.05. The number of carbonyl (C=O) groups excluding carboxylic acids is 2. The standard InChI is InChI=1S/C26H33N5O2.2ClH/c1-16-22(15-31-10-8-30(3)9-11-31)17(2)28-24(16)14-21-20-13-18(4-5-23(20)29-26(21)33)12-19-6-7-27-25(19)32;;/h4-5,13-14,19,28H,6-12,15H2,1-3H3,(H,27,32)(H,29,33);2*1H. The lowest BCUT2D eigenvalue weighted by Crippen LogP contribution is -2.44. The minimum absolute atomic E-state index is 0. The molecule has 2 aromatic rings. The first-order chi connectivity index (χ1) is 15.9. The summed E-state index contributed by atoms with van der Waals surface area (Å²) in [5.74, 6) is 0.0739. The molecule has 35 heavy (non-hydrogen) atoms. The fraction of sp³-hybridized carbons (Fsp3) is 0.462. The number of halogens is 2. The second-order valence-corrected chi connectivity index (χ2v) is 9.72. The van der Waals surface area contributed by atoms with Crippen molar-refractivity contribution >= 4 is 54.0 Å². The largest absolute Gasteiger partial charge is 0.359 e. The van der Waals surface area contributed by atoms with Crippen LogP contribution in [0.5, 0.6) is 0 Å². The van der Waals surface area contributed by atoms with Crippen molar-refractivity contribution < 1.29 is 9.59 Å². The van der Waals surface area contributed by atoms with Crippen molar-refractivity contribution in [3.63, 3.8) is 0 Å². The third kappa shape index (κ3) is 5.59. The minimum atomic E-state index is -0.0759. The molecule has 1 unspecified atom stereocenters. The number of nitrogens with zero attached hydrogens (tertiary/aromatic N) is 2. The van der Waals surface area contributed by atoms with Gasteiger partial charge in [-0.1, -0.05) is 6.07 Å². The summed E-state index contributed by atoms with van der Waals surface area (Å²) in [4.78, 5) is 33.2. The van der Waals surface area contributed by atoms with Gasteiger partial charge in [-0.05, 0) is 68.6 Å². The average Bonchev–Trinajstić information content (AvgIpc) is 3.42. The molecule has 3 N–H and O–H groups in total. The van der Waals surface area contributed by atoms with Crippen molar-refractivity contribution in [2.75, 3.05) is 45.1 Å². The number of hydrogen-bond acceptors (Lipinski definition) is 4. The Bertz CT molecular complexity index is 1140. The summed E-state index contributed by atoms with van der Waals surface area (Å²) in [6.45, 7) is 10.3. The number of aromatic nitrogens is 1. The van der Waals surface area contributed by atoms with Crippen molar-refractivity contribution in [3.8, 4) is 0 Å². The van der Waals surface area contributed by atoms with Crippen LogP contribution in [0.1, 0.15) is 40.1 Å². The fourth-order valence-electron chi connectivity index (χ4n) is 5.20. The molecule has 0 spiro atoms. The third-order valence-corrected chi connectivity index (χ3v) is 7.41. The quantitative estimate of drug-likeness (QED) is 0.529. The predicted octanol–water partition coefficient (Wildman–Crippen LogP) is 3.39. The molecule has 2 fully saturated rings. The van der Waals surface area contributed by atoms with Crippen LogP contribution in [0.15, 0.2) is 18.2 Å². The SMILES string of the molecule is Cc1[nH]c(C=C2C(=O)Nc3ccc(CC4CCNC4=O)cc32)c(C)c1CN1CCN(C)CC1.Cl.Cl. The van der Waals surface area contributed by atoms with E-state index in [4.69, 9.17) is 0 Å². The van der Waals surface area contributed by atoms with E-state index in [0.717, 1.165) is 73.9 Å². The van der Waals surface area contributed by atoms with Gasteiger partial charge >= 0.3 is 0 Å². The van der Waals surface area contributed by atoms with Crippen LogP contribution in [0.25, 0.3) is 11.6 Å². The number of benzene rings is 1. The van der Waals surface area contributed by atoms with E-state index in [1.807, 2.05) is 18.2 Å². The average molecular weight is 521 g/mol. The number of aryl methyl sites for hydroxylation is 1. The van der Waals surface area contributed by atoms with Crippen molar-refractivity contribution in [2.24, 2.45) is 5.92 Å². The molecule has 5 rings (SSSR count). The van der Waals surface area contributed by atoms with E-state index in [9.17, 15) is 9.59 Å². The first-order valence-corrected chi connectivity index (χ1v) is 11.9. The molecule has 2 saturated heterocycles. The van der Waals surface area contributed by atoms with E-state index in [2.05, 4.69) is 52.4 Å². The molecular weight excluding hydrogens is 485 g/mol. The number of piperazine rings is 1. The zero-order valence-corrected chi connectivity index (χ0v) is 22.2. The second-order valence-electron chi connectivity index (χ2n) is 9.72. The van der Waals surface area contributed by atoms with Gasteiger partial charge in [0.2, 0.25) is 5.91 Å². The predicted molar refractivity (Wildman–Crippen MR) is 145 cm³/mol. The molecule has 0 aliphatic carbocycles. The van der Waals surface area contributed by atoms with Crippen molar-refractivity contribution in [1.82, 2.24) is 20.1 Å². The summed E-state index contributed by atoms with van der Waals surface area (Å²) in [7, 11) is 2.17. The maximum atomic E-state index is 12.8. The number of H-pyrrole nitrogens is 1. The minimum Gasteiger partial charge on any atom is -0.359 e. The van der Waals surface area contributed by atoms with Gasteiger partial charge in [0.1, 0.15) is 0 Å². The molecule has 7 nitrogen and oxygen atoms in total. The number of likely N-dealkylation sites (N-methyl/N-ethyl adjacent to an activating group) is 1. The van der Waals surface area contributed by atoms with E-state index in [1.165, 1.54) is 11.1 Å². The second kappa shape index (κ2) is 11.2. The van der Waals surface area contributed by atoms with Crippen LogP contribution >= 0.6 is 24.8 Å². The Morgan fingerprint density at radius 2 is 1.83 bits per heavy atom. The maximum absolute atomic E-state index is 12.8. The number of amides is 2. The molecule has 2 amide bonds. The molecule has 1 atom stereocenters. The number of anilines is 1. The summed E-state index contributed by atoms with van der Waals surface area (Å²) in [5, 5.41) is 5.90. The van der Waals surface area contributed by atoms with Gasteiger partial charge in [-0.3, -0.25) is 14.5 Å². The molecule has 3 aliphatic rings. The summed E-state index contributed by atoms with van der Waals surface area (Å²) >= 11 is 0. The van der Waals surface area contributed by atoms with Gasteiger partial charge in [0.05, 0.1) is 5.57 Å². The number of rotatable bonds is 5. The number of fused-ring (bicyclic) bond motifs is 1. The molecule has 0 radical (unpaired) electrons. The Morgan fingerprint density at radius 3 is 2.51 bits per heavy atom. The normalized spacial score (nSPS) is 21.3. The highest BCUT2D eigenvalue weighted by Gasteiger charge is 2.28. The van der Waals surface area contributed by atoms with E-state index >= 15 is 0 Å². The van der Waals surface area contributed by atoms with Crippen LogP contribution in [0.4, 0.5) is 5.69 Å². The number of hydrogen-bond donors (Lipinski definition) is 3. The van der Waals surface area contributed by atoms with Gasteiger partial charge in [-0.15, -0.1) is 24.8 Å². The molecule has 0 saturated carbocycles. The van der Waals surface area contributed by atoms with Crippen LogP contribution in [0.2, 0.25) is 0 Å². The van der Waals surface area contributed by atoms with Gasteiger partial charge in [0, 0.05) is 67.8 Å². The Morgan fingerprint density at radius 1 is 1.09 bits per heavy atom. The smallest absolute Gasteiger partial charge is 0.256 e. The van der Waals surface area contributed by atoms with Crippen LogP contribution in [0.3, 0.4) is 0 Å². The van der Waals surface area contributed by atoms with Crippen LogP contribution in [0, 0.1) is 19.8 Å². The molecule has 1 aromatic carbocycles. The van der Waals surface area contributed by atoms with Gasteiger partial charge in [0.25, 0.3) is 5.91 Å². The highest BCUT2D eigenvalue weighted by atomic mass is 35.5. The van der Waals surface area contributed by atoms with E-state index < -0.39 is 0 Å². The summed E-state index contributed by atoms with van der Waals surface area (Å²) < 4.78 is 0. The molecule has 4 heterocycles. The molecule has 9 heteroatoms. The molecular formula is C26H35Cl2N5O2. The monoisotopic (exact) mass is 519 g/mol. The van der Waals surface area contributed by atoms with Crippen LogP contribution < -0.4 is 10.6 Å². The Balaban J connectivity index is 0.00000171. The van der Waals surface area contributed by atoms with E-state index in [0.29, 0.717) is 12.0 Å². The lowest BCUT2D eigenvalue weighted by molar-refractivity contribution is -0.122. The van der Waals surface area contributed by atoms with Crippen LogP contribution in [-0.4, -0.2) is 66.4 Å². The summed E-state index contributed by atoms with van der Waals surface area (Å²) in [6.07, 6.45) is 3.56. The van der Waals surface area contributed by atoms with Crippen LogP contribution in [-0.2, 0) is 22.6 Å². The molecule has 1 aromatic heterocycles. The molecule has 3 aliphatic heterocycles.